The third kappa shape index (κ3) is 4.31. The number of nitrogens with one attached hydrogen (secondary N) is 3. The zero-order valence-corrected chi connectivity index (χ0v) is 16.0. The van der Waals surface area contributed by atoms with Gasteiger partial charge in [-0.15, -0.1) is 0 Å². The molecular weight excluding hydrogens is 370 g/mol. The van der Waals surface area contributed by atoms with Crippen LogP contribution in [0, 0.1) is 0 Å². The average molecular weight is 393 g/mol. The summed E-state index contributed by atoms with van der Waals surface area (Å²) in [6, 6.07) is 7.71. The molecule has 1 fully saturated rings. The monoisotopic (exact) mass is 393 g/mol. The number of likely N-dealkylation sites (tertiary alicyclic amines) is 1. The number of nitrogens with zero attached hydrogens (tertiary/aromatic N) is 2. The van der Waals surface area contributed by atoms with Gasteiger partial charge >= 0.3 is 6.03 Å². The lowest BCUT2D eigenvalue weighted by molar-refractivity contribution is 0.0697. The van der Waals surface area contributed by atoms with Gasteiger partial charge in [0, 0.05) is 35.7 Å². The molecule has 8 heteroatoms. The number of carbonyl (C=O) groups excluding carboxylic acids is 2. The van der Waals surface area contributed by atoms with E-state index in [2.05, 4.69) is 27.4 Å². The maximum atomic E-state index is 12.4. The van der Waals surface area contributed by atoms with Crippen LogP contribution in [-0.2, 0) is 6.54 Å². The second-order valence-corrected chi connectivity index (χ2v) is 7.18. The van der Waals surface area contributed by atoms with Crippen LogP contribution in [0.1, 0.15) is 34.5 Å². The fourth-order valence-corrected chi connectivity index (χ4v) is 3.62. The van der Waals surface area contributed by atoms with Gasteiger partial charge in [-0.2, -0.15) is 0 Å². The standard InChI is InChI=1S/C21H23N5O3/c1-2-14-5-6-19-15(8-14)9-18(24-19)11-22-21(28)25-17-4-3-7-26(12-17)20(27)16-10-23-29-13-16/h2,5-6,8-10,13,17,24H,1,3-4,7,11-12H2,(H2,22,25,28)/t17-/m1/s1. The molecule has 1 aromatic carbocycles. The van der Waals surface area contributed by atoms with Crippen molar-refractivity contribution in [3.8, 4) is 0 Å². The van der Waals surface area contributed by atoms with Crippen molar-refractivity contribution in [2.75, 3.05) is 13.1 Å². The fraction of sp³-hybridized carbons (Fsp3) is 0.286. The Bertz CT molecular complexity index is 1020. The molecule has 4 rings (SSSR count). The molecular formula is C21H23N5O3. The van der Waals surface area contributed by atoms with E-state index in [1.54, 1.807) is 11.0 Å². The minimum absolute atomic E-state index is 0.0922. The highest BCUT2D eigenvalue weighted by Crippen LogP contribution is 2.18. The van der Waals surface area contributed by atoms with Crippen LogP contribution in [0.5, 0.6) is 0 Å². The Morgan fingerprint density at radius 2 is 2.28 bits per heavy atom. The molecule has 3 amide bonds. The molecule has 0 bridgehead atoms. The number of fused-ring (bicyclic) bond motifs is 1. The smallest absolute Gasteiger partial charge is 0.315 e. The number of H-pyrrole nitrogens is 1. The summed E-state index contributed by atoms with van der Waals surface area (Å²) in [6.45, 7) is 5.30. The predicted molar refractivity (Wildman–Crippen MR) is 109 cm³/mol. The number of urea groups is 1. The molecule has 3 aromatic rings. The third-order valence-electron chi connectivity index (χ3n) is 5.10. The van der Waals surface area contributed by atoms with E-state index >= 15 is 0 Å². The quantitative estimate of drug-likeness (QED) is 0.620. The summed E-state index contributed by atoms with van der Waals surface area (Å²) < 4.78 is 4.74. The summed E-state index contributed by atoms with van der Waals surface area (Å²) in [5, 5.41) is 10.5. The molecule has 0 spiro atoms. The first kappa shape index (κ1) is 18.8. The third-order valence-corrected chi connectivity index (χ3v) is 5.10. The lowest BCUT2D eigenvalue weighted by Gasteiger charge is -2.32. The van der Waals surface area contributed by atoms with Gasteiger partial charge in [-0.25, -0.2) is 4.79 Å². The number of rotatable bonds is 5. The van der Waals surface area contributed by atoms with E-state index in [1.165, 1.54) is 12.5 Å². The maximum absolute atomic E-state index is 12.4. The van der Waals surface area contributed by atoms with E-state index in [0.717, 1.165) is 35.0 Å². The van der Waals surface area contributed by atoms with Crippen molar-refractivity contribution in [3.05, 3.63) is 60.1 Å². The Labute approximate surface area is 167 Å². The molecule has 29 heavy (non-hydrogen) atoms. The summed E-state index contributed by atoms with van der Waals surface area (Å²) in [7, 11) is 0. The van der Waals surface area contributed by atoms with Crippen LogP contribution in [-0.4, -0.2) is 46.1 Å². The van der Waals surface area contributed by atoms with Crippen LogP contribution in [0.2, 0.25) is 0 Å². The van der Waals surface area contributed by atoms with Gasteiger partial charge < -0.3 is 25.0 Å². The second-order valence-electron chi connectivity index (χ2n) is 7.18. The van der Waals surface area contributed by atoms with Gasteiger partial charge in [0.05, 0.1) is 18.3 Å². The average Bonchev–Trinajstić information content (AvgIpc) is 3.41. The van der Waals surface area contributed by atoms with Crippen LogP contribution < -0.4 is 10.6 Å². The van der Waals surface area contributed by atoms with Gasteiger partial charge in [0.1, 0.15) is 6.26 Å². The van der Waals surface area contributed by atoms with Crippen molar-refractivity contribution in [2.24, 2.45) is 0 Å². The molecule has 8 nitrogen and oxygen atoms in total. The van der Waals surface area contributed by atoms with Crippen molar-refractivity contribution in [1.29, 1.82) is 0 Å². The van der Waals surface area contributed by atoms with Crippen LogP contribution in [0.15, 0.2) is 47.8 Å². The van der Waals surface area contributed by atoms with Crippen LogP contribution >= 0.6 is 0 Å². The Morgan fingerprint density at radius 3 is 3.07 bits per heavy atom. The molecule has 1 atom stereocenters. The van der Waals surface area contributed by atoms with Crippen molar-refractivity contribution >= 4 is 28.9 Å². The number of amides is 3. The fourth-order valence-electron chi connectivity index (χ4n) is 3.62. The minimum atomic E-state index is -0.250. The lowest BCUT2D eigenvalue weighted by Crippen LogP contribution is -2.51. The van der Waals surface area contributed by atoms with E-state index in [9.17, 15) is 9.59 Å². The van der Waals surface area contributed by atoms with E-state index in [4.69, 9.17) is 4.52 Å². The highest BCUT2D eigenvalue weighted by atomic mass is 16.5. The van der Waals surface area contributed by atoms with Gasteiger partial charge in [-0.3, -0.25) is 4.79 Å². The topological polar surface area (TPSA) is 103 Å². The van der Waals surface area contributed by atoms with Gasteiger partial charge in [0.2, 0.25) is 0 Å². The van der Waals surface area contributed by atoms with E-state index < -0.39 is 0 Å². The highest BCUT2D eigenvalue weighted by Gasteiger charge is 2.26. The first-order valence-electron chi connectivity index (χ1n) is 9.59. The summed E-state index contributed by atoms with van der Waals surface area (Å²) >= 11 is 0. The molecule has 3 heterocycles. The first-order valence-corrected chi connectivity index (χ1v) is 9.59. The number of hydrogen-bond acceptors (Lipinski definition) is 4. The number of carbonyl (C=O) groups is 2. The SMILES string of the molecule is C=Cc1ccc2[nH]c(CNC(=O)N[C@@H]3CCCN(C(=O)c4cnoc4)C3)cc2c1. The normalized spacial score (nSPS) is 16.6. The van der Waals surface area contributed by atoms with Crippen molar-refractivity contribution in [1.82, 2.24) is 25.7 Å². The molecule has 3 N–H and O–H groups in total. The second kappa shape index (κ2) is 8.22. The molecule has 0 aliphatic carbocycles. The molecule has 2 aromatic heterocycles. The lowest BCUT2D eigenvalue weighted by atomic mass is 10.1. The van der Waals surface area contributed by atoms with Gasteiger partial charge in [-0.05, 0) is 36.6 Å². The number of aromatic amines is 1. The van der Waals surface area contributed by atoms with E-state index in [1.807, 2.05) is 24.3 Å². The van der Waals surface area contributed by atoms with Crippen LogP contribution in [0.3, 0.4) is 0 Å². The molecule has 1 aliphatic heterocycles. The number of piperidine rings is 1. The van der Waals surface area contributed by atoms with Crippen LogP contribution in [0.25, 0.3) is 17.0 Å². The van der Waals surface area contributed by atoms with Gasteiger partial charge in [0.15, 0.2) is 0 Å². The number of aromatic nitrogens is 2. The number of hydrogen-bond donors (Lipinski definition) is 3. The summed E-state index contributed by atoms with van der Waals surface area (Å²) in [4.78, 5) is 29.8. The maximum Gasteiger partial charge on any atom is 0.315 e. The summed E-state index contributed by atoms with van der Waals surface area (Å²) in [5.74, 6) is -0.130. The Balaban J connectivity index is 1.30. The largest absolute Gasteiger partial charge is 0.364 e. The summed E-state index contributed by atoms with van der Waals surface area (Å²) in [5.41, 5.74) is 3.41. The zero-order chi connectivity index (χ0) is 20.2. The van der Waals surface area contributed by atoms with Crippen LogP contribution in [0.4, 0.5) is 4.79 Å². The molecule has 1 saturated heterocycles. The Kier molecular flexibility index (Phi) is 5.33. The minimum Gasteiger partial charge on any atom is -0.364 e. The molecule has 1 aliphatic rings. The van der Waals surface area contributed by atoms with Crippen molar-refractivity contribution < 1.29 is 14.1 Å². The predicted octanol–water partition coefficient (Wildman–Crippen LogP) is 2.90. The molecule has 0 unspecified atom stereocenters. The summed E-state index contributed by atoms with van der Waals surface area (Å²) in [6.07, 6.45) is 6.21. The Hall–Kier alpha value is -3.55. The van der Waals surface area contributed by atoms with Gasteiger partial charge in [0.25, 0.3) is 5.91 Å². The molecule has 0 saturated carbocycles. The van der Waals surface area contributed by atoms with E-state index in [-0.39, 0.29) is 18.0 Å². The van der Waals surface area contributed by atoms with Crippen molar-refractivity contribution in [2.45, 2.75) is 25.4 Å². The number of benzene rings is 1. The van der Waals surface area contributed by atoms with Crippen molar-refractivity contribution in [3.63, 3.8) is 0 Å². The molecule has 150 valence electrons. The van der Waals surface area contributed by atoms with E-state index in [0.29, 0.717) is 25.2 Å². The first-order chi connectivity index (χ1) is 14.1. The zero-order valence-electron chi connectivity index (χ0n) is 16.0. The highest BCUT2D eigenvalue weighted by molar-refractivity contribution is 5.93. The Morgan fingerprint density at radius 1 is 1.38 bits per heavy atom. The van der Waals surface area contributed by atoms with Gasteiger partial charge in [-0.1, -0.05) is 23.9 Å². The molecule has 0 radical (unpaired) electrons.